The molecule has 1 saturated heterocycles. The van der Waals surface area contributed by atoms with Crippen molar-refractivity contribution in [1.29, 1.82) is 0 Å². The number of rotatable bonds is 3. The summed E-state index contributed by atoms with van der Waals surface area (Å²) in [6.07, 6.45) is 2.03. The third-order valence-electron chi connectivity index (χ3n) is 3.34. The largest absolute Gasteiger partial charge is 0.282 e. The van der Waals surface area contributed by atoms with Crippen molar-refractivity contribution in [2.24, 2.45) is 5.10 Å². The molecule has 0 aliphatic carbocycles. The molecule has 0 atom stereocenters. The average molecular weight is 291 g/mol. The molecule has 0 aromatic heterocycles. The van der Waals surface area contributed by atoms with Gasteiger partial charge in [-0.25, -0.2) is 0 Å². The van der Waals surface area contributed by atoms with Crippen molar-refractivity contribution >= 4 is 29.4 Å². The lowest BCUT2D eigenvalue weighted by atomic mass is 10.1. The van der Waals surface area contributed by atoms with E-state index in [1.54, 1.807) is 0 Å². The Balaban J connectivity index is 0.00000147. The van der Waals surface area contributed by atoms with E-state index in [9.17, 15) is 0 Å². The second kappa shape index (κ2) is 6.70. The Labute approximate surface area is 125 Å². The van der Waals surface area contributed by atoms with Gasteiger partial charge >= 0.3 is 0 Å². The molecule has 2 aromatic rings. The molecule has 1 heterocycles. The molecule has 20 heavy (non-hydrogen) atoms. The molecular formula is C15H19ClN4. The van der Waals surface area contributed by atoms with Crippen LogP contribution in [0.3, 0.4) is 0 Å². The second-order valence-corrected chi connectivity index (χ2v) is 4.74. The van der Waals surface area contributed by atoms with E-state index in [1.165, 1.54) is 10.8 Å². The minimum absolute atomic E-state index is 0. The van der Waals surface area contributed by atoms with Crippen LogP contribution in [0.15, 0.2) is 47.6 Å². The highest BCUT2D eigenvalue weighted by atomic mass is 35.5. The van der Waals surface area contributed by atoms with Gasteiger partial charge in [0.25, 0.3) is 0 Å². The van der Waals surface area contributed by atoms with E-state index in [4.69, 9.17) is 0 Å². The molecule has 106 valence electrons. The number of hydrogen-bond acceptors (Lipinski definition) is 4. The molecule has 0 unspecified atom stereocenters. The van der Waals surface area contributed by atoms with Crippen LogP contribution in [0.5, 0.6) is 0 Å². The van der Waals surface area contributed by atoms with Gasteiger partial charge in [-0.1, -0.05) is 36.4 Å². The SMILES string of the molecule is CN(/N=C/c1ccc2ccccc2c1)C1NCCN1.Cl. The second-order valence-electron chi connectivity index (χ2n) is 4.74. The van der Waals surface area contributed by atoms with Crippen LogP contribution < -0.4 is 10.6 Å². The Morgan fingerprint density at radius 3 is 2.55 bits per heavy atom. The predicted molar refractivity (Wildman–Crippen MR) is 86.3 cm³/mol. The number of fused-ring (bicyclic) bond motifs is 1. The molecule has 0 amide bonds. The van der Waals surface area contributed by atoms with Crippen molar-refractivity contribution in [3.63, 3.8) is 0 Å². The molecule has 1 aliphatic rings. The number of benzene rings is 2. The van der Waals surface area contributed by atoms with E-state index in [1.807, 2.05) is 18.3 Å². The van der Waals surface area contributed by atoms with Crippen LogP contribution in [-0.2, 0) is 0 Å². The first-order chi connectivity index (χ1) is 9.33. The van der Waals surface area contributed by atoms with Gasteiger partial charge in [-0.3, -0.25) is 15.6 Å². The third kappa shape index (κ3) is 3.28. The summed E-state index contributed by atoms with van der Waals surface area (Å²) in [6.45, 7) is 1.97. The lowest BCUT2D eigenvalue weighted by molar-refractivity contribution is 0.215. The van der Waals surface area contributed by atoms with Gasteiger partial charge < -0.3 is 0 Å². The fourth-order valence-corrected chi connectivity index (χ4v) is 2.27. The standard InChI is InChI=1S/C15H18N4.ClH/c1-19(15-16-8-9-17-15)18-11-12-6-7-13-4-2-3-5-14(13)10-12;/h2-7,10-11,15-17H,8-9H2,1H3;1H/b18-11+;. The maximum atomic E-state index is 4.47. The number of hydrogen-bond donors (Lipinski definition) is 2. The normalized spacial score (nSPS) is 15.7. The molecule has 0 saturated carbocycles. The van der Waals surface area contributed by atoms with Crippen molar-refractivity contribution in [3.05, 3.63) is 48.0 Å². The van der Waals surface area contributed by atoms with Crippen molar-refractivity contribution in [1.82, 2.24) is 15.6 Å². The Morgan fingerprint density at radius 2 is 1.80 bits per heavy atom. The minimum Gasteiger partial charge on any atom is -0.282 e. The maximum absolute atomic E-state index is 4.47. The topological polar surface area (TPSA) is 39.7 Å². The highest BCUT2D eigenvalue weighted by molar-refractivity contribution is 5.90. The van der Waals surface area contributed by atoms with Crippen LogP contribution in [0, 0.1) is 0 Å². The molecule has 1 aliphatic heterocycles. The number of nitrogens with zero attached hydrogens (tertiary/aromatic N) is 2. The first-order valence-electron chi connectivity index (χ1n) is 6.55. The summed E-state index contributed by atoms with van der Waals surface area (Å²) in [5.41, 5.74) is 1.11. The van der Waals surface area contributed by atoms with Crippen LogP contribution in [0.25, 0.3) is 10.8 Å². The predicted octanol–water partition coefficient (Wildman–Crippen LogP) is 2.00. The first kappa shape index (κ1) is 14.8. The van der Waals surface area contributed by atoms with Crippen LogP contribution in [0.4, 0.5) is 0 Å². The monoisotopic (exact) mass is 290 g/mol. The Kier molecular flexibility index (Phi) is 4.95. The van der Waals surface area contributed by atoms with Crippen LogP contribution in [0.1, 0.15) is 5.56 Å². The fourth-order valence-electron chi connectivity index (χ4n) is 2.27. The average Bonchev–Trinajstić information content (AvgIpc) is 2.99. The zero-order valence-electron chi connectivity index (χ0n) is 11.4. The molecule has 0 spiro atoms. The zero-order valence-corrected chi connectivity index (χ0v) is 12.2. The quantitative estimate of drug-likeness (QED) is 0.671. The molecule has 2 aromatic carbocycles. The van der Waals surface area contributed by atoms with E-state index >= 15 is 0 Å². The fraction of sp³-hybridized carbons (Fsp3) is 0.267. The van der Waals surface area contributed by atoms with Gasteiger partial charge in [-0.2, -0.15) is 5.10 Å². The van der Waals surface area contributed by atoms with E-state index < -0.39 is 0 Å². The number of hydrazone groups is 1. The molecule has 4 nitrogen and oxygen atoms in total. The lowest BCUT2D eigenvalue weighted by Crippen LogP contribution is -2.43. The highest BCUT2D eigenvalue weighted by Gasteiger charge is 2.15. The van der Waals surface area contributed by atoms with Crippen molar-refractivity contribution < 1.29 is 0 Å². The summed E-state index contributed by atoms with van der Waals surface area (Å²) >= 11 is 0. The molecule has 0 bridgehead atoms. The van der Waals surface area contributed by atoms with Gasteiger partial charge in [-0.15, -0.1) is 12.4 Å². The van der Waals surface area contributed by atoms with Crippen LogP contribution in [0.2, 0.25) is 0 Å². The summed E-state index contributed by atoms with van der Waals surface area (Å²) in [7, 11) is 1.97. The smallest absolute Gasteiger partial charge is 0.150 e. The zero-order chi connectivity index (χ0) is 13.1. The Hall–Kier alpha value is -1.62. The van der Waals surface area contributed by atoms with Gasteiger partial charge in [0.1, 0.15) is 0 Å². The summed E-state index contributed by atoms with van der Waals surface area (Å²) in [5.74, 6) is 0. The molecule has 5 heteroatoms. The van der Waals surface area contributed by atoms with Gasteiger partial charge in [0, 0.05) is 20.1 Å². The summed E-state index contributed by atoms with van der Waals surface area (Å²) < 4.78 is 0. The molecule has 2 N–H and O–H groups in total. The molecular weight excluding hydrogens is 272 g/mol. The molecule has 3 rings (SSSR count). The molecule has 0 radical (unpaired) electrons. The van der Waals surface area contributed by atoms with Gasteiger partial charge in [0.2, 0.25) is 0 Å². The summed E-state index contributed by atoms with van der Waals surface area (Å²) in [6, 6.07) is 14.7. The number of nitrogens with one attached hydrogen (secondary N) is 2. The van der Waals surface area contributed by atoms with E-state index in [2.05, 4.69) is 58.2 Å². The van der Waals surface area contributed by atoms with E-state index in [0.717, 1.165) is 18.7 Å². The van der Waals surface area contributed by atoms with E-state index in [-0.39, 0.29) is 18.7 Å². The number of halogens is 1. The molecule has 1 fully saturated rings. The Morgan fingerprint density at radius 1 is 1.10 bits per heavy atom. The van der Waals surface area contributed by atoms with Crippen LogP contribution >= 0.6 is 12.4 Å². The lowest BCUT2D eigenvalue weighted by Gasteiger charge is -2.20. The van der Waals surface area contributed by atoms with E-state index in [0.29, 0.717) is 0 Å². The first-order valence-corrected chi connectivity index (χ1v) is 6.55. The van der Waals surface area contributed by atoms with Gasteiger partial charge in [0.05, 0.1) is 6.21 Å². The summed E-state index contributed by atoms with van der Waals surface area (Å²) in [4.78, 5) is 0. The maximum Gasteiger partial charge on any atom is 0.150 e. The van der Waals surface area contributed by atoms with Crippen LogP contribution in [-0.4, -0.2) is 37.7 Å². The minimum atomic E-state index is 0. The Bertz CT molecular complexity index is 593. The van der Waals surface area contributed by atoms with Gasteiger partial charge in [-0.05, 0) is 22.4 Å². The van der Waals surface area contributed by atoms with Gasteiger partial charge in [0.15, 0.2) is 6.29 Å². The summed E-state index contributed by atoms with van der Waals surface area (Å²) in [5, 5.41) is 15.5. The van der Waals surface area contributed by atoms with Crippen molar-refractivity contribution in [3.8, 4) is 0 Å². The highest BCUT2D eigenvalue weighted by Crippen LogP contribution is 2.14. The van der Waals surface area contributed by atoms with Crippen molar-refractivity contribution in [2.45, 2.75) is 6.29 Å². The third-order valence-corrected chi connectivity index (χ3v) is 3.34. The van der Waals surface area contributed by atoms with Crippen molar-refractivity contribution in [2.75, 3.05) is 20.1 Å².